The van der Waals surface area contributed by atoms with Crippen LogP contribution in [0.1, 0.15) is 37.9 Å². The Hall–Kier alpha value is -2.36. The Morgan fingerprint density at radius 3 is 3.05 bits per heavy atom. The first kappa shape index (κ1) is 7.77. The van der Waals surface area contributed by atoms with Gasteiger partial charge in [0.25, 0.3) is 0 Å². The van der Waals surface area contributed by atoms with E-state index in [2.05, 4.69) is 4.98 Å². The minimum Gasteiger partial charge on any atom is -0.347 e. The molecule has 4 rings (SSSR count). The second kappa shape index (κ2) is 4.83. The summed E-state index contributed by atoms with van der Waals surface area (Å²) in [4.78, 5) is 17.4. The average molecular weight is 300 g/mol. The molecule has 0 amide bonds. The van der Waals surface area contributed by atoms with Crippen molar-refractivity contribution in [3.05, 3.63) is 53.6 Å². The zero-order valence-corrected chi connectivity index (χ0v) is 12.4. The van der Waals surface area contributed by atoms with E-state index in [1.807, 2.05) is 0 Å². The summed E-state index contributed by atoms with van der Waals surface area (Å²) in [5.41, 5.74) is 1.01. The first-order valence-electron chi connectivity index (χ1n) is 10.6. The van der Waals surface area contributed by atoms with E-state index in [0.29, 0.717) is 17.9 Å². The van der Waals surface area contributed by atoms with Crippen LogP contribution >= 0.6 is 0 Å². The van der Waals surface area contributed by atoms with Gasteiger partial charge in [-0.05, 0) is 25.8 Å². The topological polar surface area (TPSA) is 39.8 Å². The maximum atomic E-state index is 13.5. The van der Waals surface area contributed by atoms with Crippen LogP contribution in [0.5, 0.6) is 0 Å². The van der Waals surface area contributed by atoms with Gasteiger partial charge in [0, 0.05) is 55.4 Å². The number of hydrogen-bond donors (Lipinski definition) is 0. The number of nitrogens with zero attached hydrogens (tertiary/aromatic N) is 3. The van der Waals surface area contributed by atoms with Crippen molar-refractivity contribution in [2.24, 2.45) is 12.9 Å². The third kappa shape index (κ3) is 1.83. The number of fused-ring (bicyclic) bond motifs is 3. The van der Waals surface area contributed by atoms with E-state index in [4.69, 9.17) is 9.60 Å². The summed E-state index contributed by atoms with van der Waals surface area (Å²) in [5.74, 6) is -1.77. The number of benzene rings is 1. The summed E-state index contributed by atoms with van der Waals surface area (Å²) >= 11 is 0. The van der Waals surface area contributed by atoms with E-state index in [0.717, 1.165) is 0 Å². The van der Waals surface area contributed by atoms with Crippen LogP contribution in [-0.4, -0.2) is 19.9 Å². The highest BCUT2D eigenvalue weighted by Gasteiger charge is 2.32. The first-order valence-corrected chi connectivity index (χ1v) is 7.12. The Labute approximate surface area is 139 Å². The van der Waals surface area contributed by atoms with Crippen LogP contribution in [0.25, 0.3) is 10.9 Å². The fourth-order valence-electron chi connectivity index (χ4n) is 3.09. The minimum atomic E-state index is -1.62. The molecule has 1 unspecified atom stereocenters. The molecule has 2 aromatic heterocycles. The lowest BCUT2D eigenvalue weighted by Gasteiger charge is -2.23. The zero-order valence-electron chi connectivity index (χ0n) is 19.4. The maximum Gasteiger partial charge on any atom is 0.170 e. The van der Waals surface area contributed by atoms with E-state index < -0.39 is 17.7 Å². The third-order valence-corrected chi connectivity index (χ3v) is 4.30. The molecule has 4 heteroatoms. The summed E-state index contributed by atoms with van der Waals surface area (Å²) in [7, 11) is 1.67. The molecule has 0 spiro atoms. The molecule has 0 saturated carbocycles. The Morgan fingerprint density at radius 2 is 2.27 bits per heavy atom. The van der Waals surface area contributed by atoms with Gasteiger partial charge in [-0.15, -0.1) is 0 Å². The predicted molar refractivity (Wildman–Crippen MR) is 86.0 cm³/mol. The van der Waals surface area contributed by atoms with Gasteiger partial charge in [-0.1, -0.05) is 18.1 Å². The summed E-state index contributed by atoms with van der Waals surface area (Å²) in [5, 5.41) is 0.143. The van der Waals surface area contributed by atoms with E-state index in [9.17, 15) is 4.79 Å². The van der Waals surface area contributed by atoms with Crippen LogP contribution in [0.3, 0.4) is 0 Å². The van der Waals surface area contributed by atoms with Crippen molar-refractivity contribution in [3.8, 4) is 0 Å². The summed E-state index contributed by atoms with van der Waals surface area (Å²) < 4.78 is 60.0. The highest BCUT2D eigenvalue weighted by Crippen LogP contribution is 2.34. The lowest BCUT2D eigenvalue weighted by molar-refractivity contribution is 0.0888. The molecule has 1 aliphatic carbocycles. The molecule has 3 aromatic rings. The number of carbonyl (C=O) groups is 1. The maximum absolute atomic E-state index is 13.5. The SMILES string of the molecule is [2H]c1nc(C)n(CC2([2H])CCc3c(c4c([2H])c([2H])c([2H])c([2H])c4n3C)C2=O)c1[2H]. The molecule has 2 heterocycles. The normalized spacial score (nSPS) is 25.7. The molecule has 0 bridgehead atoms. The van der Waals surface area contributed by atoms with Crippen molar-refractivity contribution in [2.75, 3.05) is 0 Å². The fraction of sp³-hybridized carbons (Fsp3) is 0.333. The van der Waals surface area contributed by atoms with Crippen molar-refractivity contribution < 1.29 is 14.4 Å². The van der Waals surface area contributed by atoms with Crippen LogP contribution in [0.2, 0.25) is 0 Å². The Kier molecular flexibility index (Phi) is 1.71. The summed E-state index contributed by atoms with van der Waals surface area (Å²) in [6.07, 6.45) is 0.154. The summed E-state index contributed by atoms with van der Waals surface area (Å²) in [6, 6.07) is -1.27. The quantitative estimate of drug-likeness (QED) is 0.729. The molecule has 1 aromatic carbocycles. The highest BCUT2D eigenvalue weighted by molar-refractivity contribution is 6.11. The fourth-order valence-corrected chi connectivity index (χ4v) is 3.09. The number of Topliss-reactive ketones (excluding diaryl/α,β-unsaturated/α-hetero) is 1. The predicted octanol–water partition coefficient (Wildman–Crippen LogP) is 3.13. The first-order chi connectivity index (χ1) is 13.5. The smallest absolute Gasteiger partial charge is 0.170 e. The molecule has 0 saturated heterocycles. The van der Waals surface area contributed by atoms with Gasteiger partial charge in [0.2, 0.25) is 0 Å². The molecule has 0 radical (unpaired) electrons. The van der Waals surface area contributed by atoms with E-state index >= 15 is 0 Å². The van der Waals surface area contributed by atoms with Crippen LogP contribution in [0.15, 0.2) is 36.5 Å². The second-order valence-corrected chi connectivity index (χ2v) is 5.51. The van der Waals surface area contributed by atoms with Crippen molar-refractivity contribution in [3.63, 3.8) is 0 Å². The van der Waals surface area contributed by atoms with E-state index in [1.165, 1.54) is 4.57 Å². The van der Waals surface area contributed by atoms with Crippen LogP contribution in [0.4, 0.5) is 0 Å². The van der Waals surface area contributed by atoms with E-state index in [1.54, 1.807) is 18.5 Å². The molecule has 4 nitrogen and oxygen atoms in total. The Bertz CT molecular complexity index is 1210. The molecule has 1 atom stereocenters. The molecule has 0 N–H and O–H groups in total. The molecule has 0 fully saturated rings. The standard InChI is InChI=1S/C18H19N3O/c1-12-19-9-10-21(12)11-13-7-8-16-17(18(13)22)14-5-3-4-6-15(14)20(16)2/h3-6,9-10,13H,7-8,11H2,1-2H3/i3D,4D,5D,6D,9D,10D,13D. The number of aryl methyl sites for hydroxylation is 2. The summed E-state index contributed by atoms with van der Waals surface area (Å²) in [6.45, 7) is 1.48. The molecular formula is C18H19N3O. The number of aromatic nitrogens is 3. The van der Waals surface area contributed by atoms with Gasteiger partial charge in [-0.2, -0.15) is 0 Å². The lowest BCUT2D eigenvalue weighted by Crippen LogP contribution is -2.27. The number of hydrogen-bond acceptors (Lipinski definition) is 2. The molecular weight excluding hydrogens is 274 g/mol. The second-order valence-electron chi connectivity index (χ2n) is 5.51. The van der Waals surface area contributed by atoms with Crippen molar-refractivity contribution in [1.82, 2.24) is 14.1 Å². The molecule has 1 aliphatic rings. The van der Waals surface area contributed by atoms with Gasteiger partial charge in [0.15, 0.2) is 5.78 Å². The highest BCUT2D eigenvalue weighted by atomic mass is 16.1. The van der Waals surface area contributed by atoms with Gasteiger partial charge in [-0.25, -0.2) is 4.98 Å². The Morgan fingerprint density at radius 1 is 1.45 bits per heavy atom. The van der Waals surface area contributed by atoms with E-state index in [-0.39, 0.29) is 59.9 Å². The molecule has 0 aliphatic heterocycles. The van der Waals surface area contributed by atoms with Gasteiger partial charge in [0.1, 0.15) is 5.82 Å². The van der Waals surface area contributed by atoms with Gasteiger partial charge < -0.3 is 9.13 Å². The largest absolute Gasteiger partial charge is 0.347 e. The zero-order chi connectivity index (χ0) is 21.4. The molecule has 112 valence electrons. The van der Waals surface area contributed by atoms with Gasteiger partial charge in [-0.3, -0.25) is 4.79 Å². The number of carbonyl (C=O) groups excluding carboxylic acids is 1. The molecule has 22 heavy (non-hydrogen) atoms. The van der Waals surface area contributed by atoms with Gasteiger partial charge >= 0.3 is 0 Å². The van der Waals surface area contributed by atoms with Crippen molar-refractivity contribution in [1.29, 1.82) is 0 Å². The van der Waals surface area contributed by atoms with Crippen LogP contribution in [0, 0.1) is 12.8 Å². The minimum absolute atomic E-state index is 0.135. The van der Waals surface area contributed by atoms with Crippen LogP contribution < -0.4 is 0 Å². The van der Waals surface area contributed by atoms with Crippen molar-refractivity contribution >= 4 is 16.7 Å². The third-order valence-electron chi connectivity index (χ3n) is 4.30. The number of para-hydroxylation sites is 1. The number of imidazole rings is 1. The monoisotopic (exact) mass is 300 g/mol. The number of rotatable bonds is 2. The van der Waals surface area contributed by atoms with Crippen molar-refractivity contribution in [2.45, 2.75) is 26.3 Å². The number of ketones is 1. The lowest BCUT2D eigenvalue weighted by atomic mass is 9.85. The Balaban J connectivity index is 1.93. The van der Waals surface area contributed by atoms with Gasteiger partial charge in [0.05, 0.1) is 8.22 Å². The van der Waals surface area contributed by atoms with Crippen LogP contribution in [-0.2, 0) is 20.0 Å². The average Bonchev–Trinajstić information content (AvgIpc) is 3.10.